The van der Waals surface area contributed by atoms with Gasteiger partial charge in [-0.05, 0) is 11.6 Å². The third kappa shape index (κ3) is 4.57. The van der Waals surface area contributed by atoms with Crippen LogP contribution in [0.25, 0.3) is 11.2 Å². The Bertz CT molecular complexity index is 966. The molecule has 11 nitrogen and oxygen atoms in total. The molecule has 1 aliphatic rings. The van der Waals surface area contributed by atoms with Gasteiger partial charge in [0.25, 0.3) is 0 Å². The second-order valence-corrected chi connectivity index (χ2v) is 6.82. The number of carbonyl (C=O) groups is 3. The highest BCUT2D eigenvalue weighted by molar-refractivity contribution is 6.35. The number of hydrogen-bond donors (Lipinski definition) is 0. The summed E-state index contributed by atoms with van der Waals surface area (Å²) < 4.78 is 23.0. The predicted molar refractivity (Wildman–Crippen MR) is 97.0 cm³/mol. The first-order valence-electron chi connectivity index (χ1n) is 8.36. The first-order valence-corrected chi connectivity index (χ1v) is 9.11. The molecule has 0 spiro atoms. The average molecular weight is 447 g/mol. The van der Waals surface area contributed by atoms with Gasteiger partial charge >= 0.3 is 17.9 Å². The van der Waals surface area contributed by atoms with E-state index >= 15 is 0 Å². The Hall–Kier alpha value is -2.50. The summed E-state index contributed by atoms with van der Waals surface area (Å²) in [4.78, 5) is 46.6. The maximum atomic E-state index is 11.7. The summed E-state index contributed by atoms with van der Waals surface area (Å²) in [5.74, 6) is -1.82. The predicted octanol–water partition coefficient (Wildman–Crippen LogP) is 1.46. The monoisotopic (exact) mass is 446 g/mol. The van der Waals surface area contributed by atoms with Crippen LogP contribution in [0.3, 0.4) is 0 Å². The zero-order chi connectivity index (χ0) is 21.3. The Morgan fingerprint density at radius 3 is 2.34 bits per heavy atom. The SMILES string of the molecule is CC(=O)OC[C@@H]1O[C@@H](n2cnc3c(Cl)nc(Cl)nc32)[C@H](OC(C)=O)[C@@H]1OC(C)=O. The smallest absolute Gasteiger partial charge is 0.303 e. The van der Waals surface area contributed by atoms with E-state index in [1.165, 1.54) is 31.7 Å². The number of nitrogens with zero attached hydrogens (tertiary/aromatic N) is 4. The summed E-state index contributed by atoms with van der Waals surface area (Å²) in [5.41, 5.74) is 0.459. The topological polar surface area (TPSA) is 132 Å². The molecule has 3 heterocycles. The minimum atomic E-state index is -1.08. The van der Waals surface area contributed by atoms with Crippen LogP contribution in [0.4, 0.5) is 0 Å². The van der Waals surface area contributed by atoms with Gasteiger partial charge in [0.05, 0.1) is 6.33 Å². The molecule has 2 aromatic heterocycles. The summed E-state index contributed by atoms with van der Waals surface area (Å²) in [6, 6.07) is 0. The largest absolute Gasteiger partial charge is 0.463 e. The van der Waals surface area contributed by atoms with E-state index in [0.717, 1.165) is 0 Å². The van der Waals surface area contributed by atoms with E-state index < -0.39 is 42.4 Å². The van der Waals surface area contributed by atoms with Gasteiger partial charge in [0.1, 0.15) is 18.2 Å². The molecule has 0 unspecified atom stereocenters. The van der Waals surface area contributed by atoms with Gasteiger partial charge in [-0.25, -0.2) is 9.97 Å². The number of ether oxygens (including phenoxy) is 4. The van der Waals surface area contributed by atoms with Crippen LogP contribution in [0.1, 0.15) is 27.0 Å². The van der Waals surface area contributed by atoms with Crippen molar-refractivity contribution in [1.29, 1.82) is 0 Å². The minimum Gasteiger partial charge on any atom is -0.463 e. The minimum absolute atomic E-state index is 0.0220. The van der Waals surface area contributed by atoms with Gasteiger partial charge in [-0.2, -0.15) is 4.98 Å². The van der Waals surface area contributed by atoms with E-state index in [9.17, 15) is 14.4 Å². The summed E-state index contributed by atoms with van der Waals surface area (Å²) >= 11 is 11.9. The fourth-order valence-electron chi connectivity index (χ4n) is 2.96. The molecular formula is C16H16Cl2N4O7. The van der Waals surface area contributed by atoms with E-state index in [1.807, 2.05) is 0 Å². The molecule has 0 N–H and O–H groups in total. The highest BCUT2D eigenvalue weighted by Gasteiger charge is 2.51. The average Bonchev–Trinajstić information content (AvgIpc) is 3.15. The van der Waals surface area contributed by atoms with Crippen molar-refractivity contribution in [3.05, 3.63) is 16.8 Å². The summed E-state index contributed by atoms with van der Waals surface area (Å²) in [6.45, 7) is 3.38. The zero-order valence-corrected chi connectivity index (χ0v) is 17.0. The van der Waals surface area contributed by atoms with Crippen molar-refractivity contribution in [2.45, 2.75) is 45.3 Å². The molecule has 1 aliphatic heterocycles. The van der Waals surface area contributed by atoms with Crippen molar-refractivity contribution in [1.82, 2.24) is 19.5 Å². The third-order valence-electron chi connectivity index (χ3n) is 3.97. The molecule has 29 heavy (non-hydrogen) atoms. The lowest BCUT2D eigenvalue weighted by Gasteiger charge is -2.23. The van der Waals surface area contributed by atoms with Gasteiger partial charge in [0.2, 0.25) is 5.28 Å². The quantitative estimate of drug-likeness (QED) is 0.287. The number of carbonyl (C=O) groups excluding carboxylic acids is 3. The molecule has 0 radical (unpaired) electrons. The van der Waals surface area contributed by atoms with E-state index in [-0.39, 0.29) is 28.2 Å². The van der Waals surface area contributed by atoms with Crippen molar-refractivity contribution < 1.29 is 33.3 Å². The van der Waals surface area contributed by atoms with Gasteiger partial charge in [-0.3, -0.25) is 19.0 Å². The molecule has 0 saturated carbocycles. The molecule has 0 aliphatic carbocycles. The number of rotatable bonds is 5. The molecule has 3 rings (SSSR count). The molecule has 13 heteroatoms. The van der Waals surface area contributed by atoms with Crippen molar-refractivity contribution >= 4 is 52.3 Å². The molecule has 156 valence electrons. The number of hydrogen-bond acceptors (Lipinski definition) is 10. The standard InChI is InChI=1S/C16H16Cl2N4O7/c1-6(23)26-4-9-11(27-7(2)24)12(28-8(3)25)15(29-9)22-5-19-10-13(17)20-16(18)21-14(10)22/h5,9,11-12,15H,4H2,1-3H3/t9-,11+,12+,15+/m0/s1. The Morgan fingerprint density at radius 2 is 1.72 bits per heavy atom. The van der Waals surface area contributed by atoms with E-state index in [1.54, 1.807) is 0 Å². The number of fused-ring (bicyclic) bond motifs is 1. The van der Waals surface area contributed by atoms with Gasteiger partial charge in [-0.1, -0.05) is 11.6 Å². The summed E-state index contributed by atoms with van der Waals surface area (Å²) in [7, 11) is 0. The Morgan fingerprint density at radius 1 is 1.07 bits per heavy atom. The number of imidazole rings is 1. The van der Waals surface area contributed by atoms with Crippen molar-refractivity contribution in [2.75, 3.05) is 6.61 Å². The summed E-state index contributed by atoms with van der Waals surface area (Å²) in [5, 5.41) is -0.104. The second kappa shape index (κ2) is 8.47. The normalized spacial score (nSPS) is 23.8. The lowest BCUT2D eigenvalue weighted by molar-refractivity contribution is -0.166. The van der Waals surface area contributed by atoms with Crippen molar-refractivity contribution in [3.63, 3.8) is 0 Å². The molecule has 2 aromatic rings. The van der Waals surface area contributed by atoms with Crippen LogP contribution in [0.2, 0.25) is 10.4 Å². The van der Waals surface area contributed by atoms with Crippen LogP contribution >= 0.6 is 23.2 Å². The van der Waals surface area contributed by atoms with E-state index in [2.05, 4.69) is 15.0 Å². The molecule has 0 amide bonds. The number of halogens is 2. The van der Waals surface area contributed by atoms with Crippen LogP contribution in [-0.4, -0.2) is 62.3 Å². The molecular weight excluding hydrogens is 431 g/mol. The molecule has 0 bridgehead atoms. The van der Waals surface area contributed by atoms with Gasteiger partial charge in [0.15, 0.2) is 29.2 Å². The van der Waals surface area contributed by atoms with Gasteiger partial charge in [0, 0.05) is 20.8 Å². The Kier molecular flexibility index (Phi) is 6.20. The van der Waals surface area contributed by atoms with Crippen molar-refractivity contribution in [3.8, 4) is 0 Å². The molecule has 1 fully saturated rings. The maximum Gasteiger partial charge on any atom is 0.303 e. The summed E-state index contributed by atoms with van der Waals surface area (Å²) in [6.07, 6.45) is -2.71. The lowest BCUT2D eigenvalue weighted by Crippen LogP contribution is -2.40. The highest BCUT2D eigenvalue weighted by Crippen LogP contribution is 2.36. The maximum absolute atomic E-state index is 11.7. The second-order valence-electron chi connectivity index (χ2n) is 6.12. The van der Waals surface area contributed by atoms with Crippen LogP contribution in [0.5, 0.6) is 0 Å². The number of aromatic nitrogens is 4. The van der Waals surface area contributed by atoms with Crippen LogP contribution in [0.15, 0.2) is 6.33 Å². The van der Waals surface area contributed by atoms with Crippen LogP contribution in [-0.2, 0) is 33.3 Å². The molecule has 4 atom stereocenters. The Balaban J connectivity index is 2.04. The fourth-order valence-corrected chi connectivity index (χ4v) is 3.38. The lowest BCUT2D eigenvalue weighted by atomic mass is 10.1. The van der Waals surface area contributed by atoms with Crippen LogP contribution < -0.4 is 0 Å². The van der Waals surface area contributed by atoms with E-state index in [4.69, 9.17) is 42.1 Å². The number of esters is 3. The zero-order valence-electron chi connectivity index (χ0n) is 15.5. The van der Waals surface area contributed by atoms with Crippen molar-refractivity contribution in [2.24, 2.45) is 0 Å². The van der Waals surface area contributed by atoms with Gasteiger partial charge < -0.3 is 18.9 Å². The van der Waals surface area contributed by atoms with E-state index in [0.29, 0.717) is 0 Å². The Labute approximate surface area is 174 Å². The first-order chi connectivity index (χ1) is 13.7. The van der Waals surface area contributed by atoms with Gasteiger partial charge in [-0.15, -0.1) is 0 Å². The fraction of sp³-hybridized carbons (Fsp3) is 0.500. The highest BCUT2D eigenvalue weighted by atomic mass is 35.5. The molecule has 0 aromatic carbocycles. The first kappa shape index (κ1) is 21.2. The molecule has 1 saturated heterocycles. The third-order valence-corrected chi connectivity index (χ3v) is 4.40. The van der Waals surface area contributed by atoms with Crippen LogP contribution in [0, 0.1) is 0 Å².